The van der Waals surface area contributed by atoms with E-state index in [1.165, 1.54) is 31.0 Å². The summed E-state index contributed by atoms with van der Waals surface area (Å²) in [4.78, 5) is 23.8. The molecule has 5 fully saturated rings. The standard InChI is InChI=1S/C35H33ClF3N7O3S/c36-22-10-20-28(26(39)25(22)19-4-5-23(38)30-24(19)21(12-40)31(41)50-30)44-34(48-14-35-6-1-7-46(35)13-16(37)11-35)45-33(20)49-18-8-17(9-18)42-32(47)29-27(43-29)15-2-3-15/h4-5,10,15-18,27,29,43H,1-3,6-9,11,13-14,41H2,(H,42,47)/t16-,17?,18?,27+,29-,35+/m1/s1. The number of ether oxygens (including phenoxy) is 2. The average molecular weight is 724 g/mol. The Morgan fingerprint density at radius 2 is 2.10 bits per heavy atom. The largest absolute Gasteiger partial charge is 0.474 e. The van der Waals surface area contributed by atoms with Crippen molar-refractivity contribution in [2.45, 2.75) is 80.9 Å². The number of carbonyl (C=O) groups excluding carboxylic acids is 1. The van der Waals surface area contributed by atoms with Crippen LogP contribution < -0.4 is 25.8 Å². The van der Waals surface area contributed by atoms with Crippen molar-refractivity contribution >= 4 is 54.8 Å². The van der Waals surface area contributed by atoms with Gasteiger partial charge in [0.15, 0.2) is 5.82 Å². The number of carbonyl (C=O) groups is 1. The number of benzene rings is 2. The third kappa shape index (κ3) is 5.32. The number of nitriles is 1. The molecule has 5 heterocycles. The number of halogens is 4. The van der Waals surface area contributed by atoms with Crippen LogP contribution in [0.15, 0.2) is 18.2 Å². The molecule has 3 saturated heterocycles. The maximum absolute atomic E-state index is 16.9. The first-order chi connectivity index (χ1) is 24.1. The highest BCUT2D eigenvalue weighted by Gasteiger charge is 2.52. The highest BCUT2D eigenvalue weighted by atomic mass is 35.5. The second-order valence-electron chi connectivity index (χ2n) is 14.3. The minimum Gasteiger partial charge on any atom is -0.474 e. The van der Waals surface area contributed by atoms with E-state index >= 15 is 4.39 Å². The Kier molecular flexibility index (Phi) is 7.58. The number of alkyl halides is 1. The Morgan fingerprint density at radius 3 is 2.88 bits per heavy atom. The van der Waals surface area contributed by atoms with E-state index in [1.807, 2.05) is 6.07 Å². The van der Waals surface area contributed by atoms with E-state index in [1.54, 1.807) is 0 Å². The third-order valence-electron chi connectivity index (χ3n) is 11.0. The van der Waals surface area contributed by atoms with E-state index in [0.717, 1.165) is 30.7 Å². The van der Waals surface area contributed by atoms with Crippen LogP contribution in [-0.2, 0) is 4.79 Å². The Morgan fingerprint density at radius 1 is 1.28 bits per heavy atom. The fraction of sp³-hybridized carbons (Fsp3) is 0.486. The smallest absolute Gasteiger partial charge is 0.320 e. The van der Waals surface area contributed by atoms with Crippen LogP contribution in [0.3, 0.4) is 0 Å². The zero-order valence-corrected chi connectivity index (χ0v) is 28.4. The van der Waals surface area contributed by atoms with Crippen LogP contribution >= 0.6 is 22.9 Å². The molecule has 2 saturated carbocycles. The van der Waals surface area contributed by atoms with Gasteiger partial charge in [-0.15, -0.1) is 11.3 Å². The number of nitrogens with two attached hydrogens (primary N) is 1. The number of aromatic nitrogens is 2. The first-order valence-corrected chi connectivity index (χ1v) is 18.2. The lowest BCUT2D eigenvalue weighted by atomic mass is 9.89. The average Bonchev–Trinajstić information content (AvgIpc) is 3.96. The van der Waals surface area contributed by atoms with Crippen molar-refractivity contribution in [2.24, 2.45) is 5.92 Å². The van der Waals surface area contributed by atoms with Gasteiger partial charge in [-0.25, -0.2) is 13.2 Å². The lowest BCUT2D eigenvalue weighted by Crippen LogP contribution is -2.50. The van der Waals surface area contributed by atoms with Gasteiger partial charge < -0.3 is 20.5 Å². The second-order valence-corrected chi connectivity index (χ2v) is 15.8. The summed E-state index contributed by atoms with van der Waals surface area (Å²) in [6, 6.07) is 5.99. The predicted molar refractivity (Wildman–Crippen MR) is 182 cm³/mol. The normalized spacial score (nSPS) is 28.7. The number of hydrogen-bond acceptors (Lipinski definition) is 10. The van der Waals surface area contributed by atoms with Crippen molar-refractivity contribution in [3.05, 3.63) is 40.4 Å². The van der Waals surface area contributed by atoms with E-state index in [2.05, 4.69) is 25.5 Å². The molecule has 4 N–H and O–H groups in total. The van der Waals surface area contributed by atoms with Gasteiger partial charge in [-0.2, -0.15) is 15.2 Å². The van der Waals surface area contributed by atoms with Crippen molar-refractivity contribution in [3.63, 3.8) is 0 Å². The molecule has 4 aromatic rings. The molecule has 15 heteroatoms. The van der Waals surface area contributed by atoms with Crippen molar-refractivity contribution in [1.82, 2.24) is 25.5 Å². The summed E-state index contributed by atoms with van der Waals surface area (Å²) < 4.78 is 58.8. The minimum absolute atomic E-state index is 0.000461. The minimum atomic E-state index is -0.961. The molecule has 5 aliphatic rings. The van der Waals surface area contributed by atoms with Gasteiger partial charge in [-0.3, -0.25) is 15.0 Å². The molecule has 9 rings (SSSR count). The molecule has 0 bridgehead atoms. The van der Waals surface area contributed by atoms with Gasteiger partial charge in [0.1, 0.15) is 47.3 Å². The van der Waals surface area contributed by atoms with Crippen molar-refractivity contribution < 1.29 is 27.4 Å². The monoisotopic (exact) mass is 723 g/mol. The molecule has 2 aromatic carbocycles. The van der Waals surface area contributed by atoms with Crippen LogP contribution in [0.5, 0.6) is 11.9 Å². The lowest BCUT2D eigenvalue weighted by molar-refractivity contribution is -0.122. The van der Waals surface area contributed by atoms with E-state index in [0.29, 0.717) is 31.7 Å². The number of amides is 1. The van der Waals surface area contributed by atoms with E-state index in [9.17, 15) is 18.8 Å². The summed E-state index contributed by atoms with van der Waals surface area (Å²) in [5.41, 5.74) is 5.54. The van der Waals surface area contributed by atoms with Crippen LogP contribution in [0.4, 0.5) is 18.2 Å². The van der Waals surface area contributed by atoms with Gasteiger partial charge in [0.05, 0.1) is 26.2 Å². The molecule has 2 aromatic heterocycles. The summed E-state index contributed by atoms with van der Waals surface area (Å²) >= 11 is 7.68. The number of thiophene rings is 1. The second kappa shape index (κ2) is 11.8. The summed E-state index contributed by atoms with van der Waals surface area (Å²) in [6.45, 7) is 1.23. The van der Waals surface area contributed by atoms with Crippen LogP contribution in [0, 0.1) is 28.9 Å². The molecular weight excluding hydrogens is 691 g/mol. The molecule has 10 nitrogen and oxygen atoms in total. The van der Waals surface area contributed by atoms with Gasteiger partial charge in [-0.1, -0.05) is 17.7 Å². The highest BCUT2D eigenvalue weighted by Crippen LogP contribution is 2.47. The maximum atomic E-state index is 16.9. The summed E-state index contributed by atoms with van der Waals surface area (Å²) in [6.07, 6.45) is 4.11. The fourth-order valence-electron chi connectivity index (χ4n) is 8.19. The molecule has 0 spiro atoms. The Balaban J connectivity index is 1.05. The van der Waals surface area contributed by atoms with Crippen LogP contribution in [0.1, 0.15) is 50.5 Å². The van der Waals surface area contributed by atoms with Crippen LogP contribution in [-0.4, -0.2) is 76.4 Å². The number of hydrogen-bond donors (Lipinski definition) is 3. The molecular formula is C35H33ClF3N7O3S. The van der Waals surface area contributed by atoms with E-state index in [-0.39, 0.29) is 96.3 Å². The molecule has 4 atom stereocenters. The highest BCUT2D eigenvalue weighted by molar-refractivity contribution is 7.23. The van der Waals surface area contributed by atoms with E-state index < -0.39 is 23.3 Å². The van der Waals surface area contributed by atoms with Gasteiger partial charge in [0.2, 0.25) is 11.8 Å². The first kappa shape index (κ1) is 32.0. The number of fused-ring (bicyclic) bond motifs is 3. The first-order valence-electron chi connectivity index (χ1n) is 17.0. The summed E-state index contributed by atoms with van der Waals surface area (Å²) in [5, 5.41) is 16.6. The SMILES string of the molecule is N#Cc1c(N)sc2c(F)ccc(-c3c(Cl)cc4c(OC5CC(NC(=O)[C@@H]6N[C@H]6C6CC6)C5)nc(OC[C@@]56CCCN5C[C@H](F)C6)nc4c3F)c12. The summed E-state index contributed by atoms with van der Waals surface area (Å²) in [5.74, 6) is -0.770. The Bertz CT molecular complexity index is 2120. The number of nitrogens with zero attached hydrogens (tertiary/aromatic N) is 4. The van der Waals surface area contributed by atoms with Crippen LogP contribution in [0.2, 0.25) is 5.02 Å². The molecule has 2 aliphatic carbocycles. The Labute approximate surface area is 294 Å². The van der Waals surface area contributed by atoms with Gasteiger partial charge in [0.25, 0.3) is 0 Å². The number of rotatable bonds is 9. The molecule has 3 aliphatic heterocycles. The summed E-state index contributed by atoms with van der Waals surface area (Å²) in [7, 11) is 0. The van der Waals surface area contributed by atoms with Crippen LogP contribution in [0.25, 0.3) is 32.1 Å². The van der Waals surface area contributed by atoms with Crippen molar-refractivity contribution in [1.29, 1.82) is 5.26 Å². The number of anilines is 1. The maximum Gasteiger partial charge on any atom is 0.320 e. The molecule has 50 heavy (non-hydrogen) atoms. The molecule has 1 amide bonds. The van der Waals surface area contributed by atoms with Gasteiger partial charge in [-0.05, 0) is 55.8 Å². The fourth-order valence-corrected chi connectivity index (χ4v) is 9.43. The van der Waals surface area contributed by atoms with Gasteiger partial charge >= 0.3 is 6.01 Å². The Hall–Kier alpha value is -3.90. The third-order valence-corrected chi connectivity index (χ3v) is 12.3. The number of nitrogen functional groups attached to an aromatic ring is 1. The van der Waals surface area contributed by atoms with Crippen molar-refractivity contribution in [3.8, 4) is 29.1 Å². The predicted octanol–water partition coefficient (Wildman–Crippen LogP) is 5.63. The van der Waals surface area contributed by atoms with Gasteiger partial charge in [0, 0.05) is 48.8 Å². The lowest BCUT2D eigenvalue weighted by Gasteiger charge is -2.35. The quantitative estimate of drug-likeness (QED) is 0.187. The topological polar surface area (TPSA) is 148 Å². The zero-order valence-electron chi connectivity index (χ0n) is 26.8. The van der Waals surface area contributed by atoms with E-state index in [4.69, 9.17) is 26.8 Å². The zero-order chi connectivity index (χ0) is 34.5. The molecule has 0 unspecified atom stereocenters. The molecule has 260 valence electrons. The molecule has 0 radical (unpaired) electrons. The van der Waals surface area contributed by atoms with Crippen molar-refractivity contribution in [2.75, 3.05) is 25.4 Å². The number of nitrogens with one attached hydrogen (secondary N) is 2.